The molecule has 0 spiro atoms. The third kappa shape index (κ3) is 6.02. The number of aromatic nitrogens is 2. The molecule has 1 aromatic heterocycles. The maximum Gasteiger partial charge on any atom is 0.191 e. The van der Waals surface area contributed by atoms with Crippen molar-refractivity contribution in [3.8, 4) is 5.69 Å². The van der Waals surface area contributed by atoms with Gasteiger partial charge in [0.05, 0.1) is 5.69 Å². The lowest BCUT2D eigenvalue weighted by molar-refractivity contribution is 0.614. The van der Waals surface area contributed by atoms with Crippen LogP contribution in [0.5, 0.6) is 0 Å². The fourth-order valence-electron chi connectivity index (χ4n) is 3.12. The van der Waals surface area contributed by atoms with Crippen LogP contribution >= 0.6 is 24.0 Å². The molecule has 25 heavy (non-hydrogen) atoms. The first-order valence-electron chi connectivity index (χ1n) is 8.99. The van der Waals surface area contributed by atoms with Gasteiger partial charge >= 0.3 is 0 Å². The summed E-state index contributed by atoms with van der Waals surface area (Å²) in [4.78, 5) is 4.72. The molecule has 6 heteroatoms. The van der Waals surface area contributed by atoms with Crippen molar-refractivity contribution in [1.82, 2.24) is 20.4 Å². The molecule has 1 aliphatic carbocycles. The monoisotopic (exact) mass is 453 g/mol. The van der Waals surface area contributed by atoms with E-state index in [1.807, 2.05) is 16.9 Å². The fraction of sp³-hybridized carbons (Fsp3) is 0.474. The highest BCUT2D eigenvalue weighted by Gasteiger charge is 2.15. The van der Waals surface area contributed by atoms with E-state index < -0.39 is 0 Å². The Labute approximate surface area is 167 Å². The van der Waals surface area contributed by atoms with E-state index in [0.717, 1.165) is 31.2 Å². The quantitative estimate of drug-likeness (QED) is 0.400. The van der Waals surface area contributed by atoms with E-state index in [1.165, 1.54) is 31.2 Å². The highest BCUT2D eigenvalue weighted by Crippen LogP contribution is 2.17. The maximum atomic E-state index is 4.72. The van der Waals surface area contributed by atoms with Gasteiger partial charge in [0.2, 0.25) is 0 Å². The predicted octanol–water partition coefficient (Wildman–Crippen LogP) is 3.53. The van der Waals surface area contributed by atoms with Crippen LogP contribution in [0.1, 0.15) is 38.2 Å². The van der Waals surface area contributed by atoms with Crippen molar-refractivity contribution in [3.05, 3.63) is 48.3 Å². The van der Waals surface area contributed by atoms with Gasteiger partial charge in [-0.25, -0.2) is 4.68 Å². The molecule has 0 atom stereocenters. The molecule has 136 valence electrons. The molecule has 0 aliphatic heterocycles. The Kier molecular flexibility index (Phi) is 8.24. The smallest absolute Gasteiger partial charge is 0.191 e. The Morgan fingerprint density at radius 1 is 1.24 bits per heavy atom. The van der Waals surface area contributed by atoms with Crippen LogP contribution in [-0.2, 0) is 6.42 Å². The van der Waals surface area contributed by atoms with Gasteiger partial charge in [-0.1, -0.05) is 25.0 Å². The van der Waals surface area contributed by atoms with Crippen molar-refractivity contribution in [3.63, 3.8) is 0 Å². The van der Waals surface area contributed by atoms with Crippen LogP contribution in [-0.4, -0.2) is 34.9 Å². The average Bonchev–Trinajstić information content (AvgIpc) is 3.29. The number of hydrogen-bond donors (Lipinski definition) is 2. The number of rotatable bonds is 6. The molecule has 2 N–H and O–H groups in total. The minimum Gasteiger partial charge on any atom is -0.357 e. The summed E-state index contributed by atoms with van der Waals surface area (Å²) in [7, 11) is 0. The van der Waals surface area contributed by atoms with Gasteiger partial charge in [-0.3, -0.25) is 4.99 Å². The first-order chi connectivity index (χ1) is 11.8. The zero-order chi connectivity index (χ0) is 16.6. The summed E-state index contributed by atoms with van der Waals surface area (Å²) in [5.74, 6) is 0.956. The van der Waals surface area contributed by atoms with Crippen LogP contribution in [0.25, 0.3) is 5.69 Å². The van der Waals surface area contributed by atoms with Crippen LogP contribution in [0, 0.1) is 0 Å². The Morgan fingerprint density at radius 3 is 2.64 bits per heavy atom. The zero-order valence-corrected chi connectivity index (χ0v) is 17.1. The molecule has 1 heterocycles. The molecule has 2 aromatic rings. The van der Waals surface area contributed by atoms with Gasteiger partial charge < -0.3 is 10.6 Å². The maximum absolute atomic E-state index is 4.72. The minimum atomic E-state index is 0. The van der Waals surface area contributed by atoms with E-state index >= 15 is 0 Å². The van der Waals surface area contributed by atoms with E-state index in [2.05, 4.69) is 46.9 Å². The number of nitrogens with one attached hydrogen (secondary N) is 2. The Balaban J connectivity index is 0.00000225. The highest BCUT2D eigenvalue weighted by molar-refractivity contribution is 14.0. The van der Waals surface area contributed by atoms with E-state index in [0.29, 0.717) is 6.04 Å². The topological polar surface area (TPSA) is 54.2 Å². The third-order valence-electron chi connectivity index (χ3n) is 4.42. The first kappa shape index (κ1) is 19.8. The third-order valence-corrected chi connectivity index (χ3v) is 4.42. The fourth-order valence-corrected chi connectivity index (χ4v) is 3.12. The Bertz CT molecular complexity index is 630. The zero-order valence-electron chi connectivity index (χ0n) is 14.8. The van der Waals surface area contributed by atoms with Crippen LogP contribution < -0.4 is 10.6 Å². The first-order valence-corrected chi connectivity index (χ1v) is 8.99. The van der Waals surface area contributed by atoms with Gasteiger partial charge in [0.25, 0.3) is 0 Å². The van der Waals surface area contributed by atoms with Gasteiger partial charge in [0, 0.05) is 31.5 Å². The van der Waals surface area contributed by atoms with E-state index in [4.69, 9.17) is 4.99 Å². The summed E-state index contributed by atoms with van der Waals surface area (Å²) in [5, 5.41) is 11.2. The molecule has 1 fully saturated rings. The second kappa shape index (κ2) is 10.4. The van der Waals surface area contributed by atoms with E-state index in [1.54, 1.807) is 6.20 Å². The van der Waals surface area contributed by atoms with Gasteiger partial charge in [-0.15, -0.1) is 24.0 Å². The lowest BCUT2D eigenvalue weighted by Gasteiger charge is -2.16. The summed E-state index contributed by atoms with van der Waals surface area (Å²) in [6, 6.07) is 11.1. The van der Waals surface area contributed by atoms with Crippen molar-refractivity contribution >= 4 is 29.9 Å². The number of hydrogen-bond acceptors (Lipinski definition) is 2. The van der Waals surface area contributed by atoms with Gasteiger partial charge in [-0.2, -0.15) is 5.10 Å². The van der Waals surface area contributed by atoms with Crippen molar-refractivity contribution in [2.24, 2.45) is 4.99 Å². The lowest BCUT2D eigenvalue weighted by Crippen LogP contribution is -2.42. The Morgan fingerprint density at radius 2 is 2.00 bits per heavy atom. The summed E-state index contributed by atoms with van der Waals surface area (Å²) in [5.41, 5.74) is 2.38. The van der Waals surface area contributed by atoms with Crippen LogP contribution in [0.15, 0.2) is 47.7 Å². The summed E-state index contributed by atoms with van der Waals surface area (Å²) in [6.07, 6.45) is 9.89. The molecular formula is C19H28IN5. The van der Waals surface area contributed by atoms with Crippen molar-refractivity contribution in [1.29, 1.82) is 0 Å². The van der Waals surface area contributed by atoms with Gasteiger partial charge in [0.1, 0.15) is 0 Å². The number of guanidine groups is 1. The molecule has 5 nitrogen and oxygen atoms in total. The van der Waals surface area contributed by atoms with Gasteiger partial charge in [0.15, 0.2) is 5.96 Å². The second-order valence-electron chi connectivity index (χ2n) is 6.25. The molecule has 3 rings (SSSR count). The second-order valence-corrected chi connectivity index (χ2v) is 6.25. The summed E-state index contributed by atoms with van der Waals surface area (Å²) < 4.78 is 1.87. The van der Waals surface area contributed by atoms with E-state index in [-0.39, 0.29) is 24.0 Å². The standard InChI is InChI=1S/C19H27N5.HI/c1-2-20-19(23-17-6-3-4-7-17)21-14-12-16-8-10-18(11-9-16)24-15-5-13-22-24;/h5,8-11,13,15,17H,2-4,6-7,12,14H2,1H3,(H2,20,21,23);1H. The molecule has 1 saturated carbocycles. The summed E-state index contributed by atoms with van der Waals surface area (Å²) >= 11 is 0. The van der Waals surface area contributed by atoms with Crippen LogP contribution in [0.4, 0.5) is 0 Å². The Hall–Kier alpha value is -1.57. The average molecular weight is 453 g/mol. The number of halogens is 1. The number of aliphatic imine (C=N–C) groups is 1. The molecular weight excluding hydrogens is 425 g/mol. The van der Waals surface area contributed by atoms with Crippen LogP contribution in [0.3, 0.4) is 0 Å². The molecule has 0 saturated heterocycles. The van der Waals surface area contributed by atoms with Crippen molar-refractivity contribution in [2.75, 3.05) is 13.1 Å². The highest BCUT2D eigenvalue weighted by atomic mass is 127. The molecule has 1 aliphatic rings. The number of nitrogens with zero attached hydrogens (tertiary/aromatic N) is 3. The van der Waals surface area contributed by atoms with Crippen molar-refractivity contribution < 1.29 is 0 Å². The normalized spacial score (nSPS) is 15.0. The SMILES string of the molecule is CCNC(=NCCc1ccc(-n2cccn2)cc1)NC1CCCC1.I. The number of benzene rings is 1. The largest absolute Gasteiger partial charge is 0.357 e. The van der Waals surface area contributed by atoms with Crippen LogP contribution in [0.2, 0.25) is 0 Å². The predicted molar refractivity (Wildman–Crippen MR) is 114 cm³/mol. The van der Waals surface area contributed by atoms with E-state index in [9.17, 15) is 0 Å². The van der Waals surface area contributed by atoms with Crippen molar-refractivity contribution in [2.45, 2.75) is 45.1 Å². The van der Waals surface area contributed by atoms with Gasteiger partial charge in [-0.05, 0) is 49.9 Å². The molecule has 0 unspecified atom stereocenters. The molecule has 1 aromatic carbocycles. The summed E-state index contributed by atoms with van der Waals surface area (Å²) in [6.45, 7) is 3.81. The minimum absolute atomic E-state index is 0. The lowest BCUT2D eigenvalue weighted by atomic mass is 10.1. The molecule has 0 amide bonds. The molecule has 0 bridgehead atoms. The molecule has 0 radical (unpaired) electrons.